The van der Waals surface area contributed by atoms with Crippen molar-refractivity contribution in [2.45, 2.75) is 31.7 Å². The number of imidazole rings is 1. The molecule has 0 radical (unpaired) electrons. The van der Waals surface area contributed by atoms with E-state index in [2.05, 4.69) is 21.8 Å². The molecular weight excluding hydrogens is 489 g/mol. The van der Waals surface area contributed by atoms with Crippen LogP contribution in [0.3, 0.4) is 0 Å². The molecule has 2 aliphatic rings. The van der Waals surface area contributed by atoms with Gasteiger partial charge in [-0.15, -0.1) is 0 Å². The number of hydrogen-bond donors (Lipinski definition) is 1. The van der Waals surface area contributed by atoms with Crippen LogP contribution in [-0.4, -0.2) is 68.4 Å². The minimum atomic E-state index is -0.382. The molecule has 2 N–H and O–H groups in total. The minimum absolute atomic E-state index is 0.297. The molecule has 7 rings (SSSR count). The number of hydrogen-bond acceptors (Lipinski definition) is 6. The molecule has 1 saturated carbocycles. The second-order valence-electron chi connectivity index (χ2n) is 11.0. The number of aromatic nitrogens is 4. The number of anilines is 1. The third-order valence-corrected chi connectivity index (χ3v) is 8.59. The molecule has 0 atom stereocenters. The summed E-state index contributed by atoms with van der Waals surface area (Å²) in [6.45, 7) is 6.44. The Morgan fingerprint density at radius 3 is 2.51 bits per heavy atom. The highest BCUT2D eigenvalue weighted by Crippen LogP contribution is 2.43. The van der Waals surface area contributed by atoms with Crippen molar-refractivity contribution in [3.8, 4) is 22.5 Å². The zero-order valence-corrected chi connectivity index (χ0v) is 22.3. The fraction of sp³-hybridized carbons (Fsp3) is 0.323. The highest BCUT2D eigenvalue weighted by Gasteiger charge is 2.38. The van der Waals surface area contributed by atoms with Crippen molar-refractivity contribution in [3.63, 3.8) is 0 Å². The quantitative estimate of drug-likeness (QED) is 0.353. The normalized spacial score (nSPS) is 20.5. The summed E-state index contributed by atoms with van der Waals surface area (Å²) < 4.78 is 18.4. The molecule has 8 heteroatoms. The second kappa shape index (κ2) is 9.39. The van der Waals surface area contributed by atoms with Crippen LogP contribution in [0.2, 0.25) is 0 Å². The average molecular weight is 522 g/mol. The van der Waals surface area contributed by atoms with Crippen molar-refractivity contribution in [1.29, 1.82) is 0 Å². The number of pyridine rings is 1. The first-order chi connectivity index (χ1) is 19.0. The monoisotopic (exact) mass is 521 g/mol. The fourth-order valence-corrected chi connectivity index (χ4v) is 6.21. The molecule has 4 heterocycles. The van der Waals surface area contributed by atoms with Crippen molar-refractivity contribution in [3.05, 3.63) is 78.1 Å². The molecule has 1 aliphatic heterocycles. The smallest absolute Gasteiger partial charge is 0.158 e. The van der Waals surface area contributed by atoms with E-state index in [0.717, 1.165) is 67.1 Å². The van der Waals surface area contributed by atoms with E-state index in [-0.39, 0.29) is 5.82 Å². The molecule has 1 aliphatic carbocycles. The zero-order valence-electron chi connectivity index (χ0n) is 22.3. The van der Waals surface area contributed by atoms with Crippen LogP contribution in [0, 0.1) is 12.7 Å². The standard InChI is InChI=1S/C31H32FN7/c1-19-16-25(20-6-4-3-5-7-20)35-27-23(19)8-9-24(26(27)32)28-29-30(33)34-10-11-39(29)31(36-28)21-17-22(18-21)38-14-12-37(2)13-15-38/h3-11,16,21-22H,12-15,17-18H2,1-2H3,(H2,33,34). The van der Waals surface area contributed by atoms with Crippen LogP contribution in [0.15, 0.2) is 60.9 Å². The number of aryl methyl sites for hydroxylation is 1. The molecule has 0 unspecified atom stereocenters. The number of nitrogens with zero attached hydrogens (tertiary/aromatic N) is 6. The molecule has 2 aromatic carbocycles. The lowest BCUT2D eigenvalue weighted by atomic mass is 9.78. The number of likely N-dealkylation sites (N-methyl/N-ethyl adjacent to an activating group) is 1. The summed E-state index contributed by atoms with van der Waals surface area (Å²) in [5.41, 5.74) is 11.0. The average Bonchev–Trinajstić information content (AvgIpc) is 3.30. The van der Waals surface area contributed by atoms with Gasteiger partial charge in [-0.05, 0) is 44.5 Å². The van der Waals surface area contributed by atoms with Crippen molar-refractivity contribution < 1.29 is 4.39 Å². The lowest BCUT2D eigenvalue weighted by Crippen LogP contribution is -2.52. The van der Waals surface area contributed by atoms with Crippen LogP contribution in [0.1, 0.15) is 30.1 Å². The molecule has 1 saturated heterocycles. The van der Waals surface area contributed by atoms with Gasteiger partial charge in [0, 0.05) is 67.0 Å². The second-order valence-corrected chi connectivity index (χ2v) is 11.0. The maximum Gasteiger partial charge on any atom is 0.158 e. The van der Waals surface area contributed by atoms with Gasteiger partial charge < -0.3 is 10.6 Å². The number of rotatable bonds is 4. The van der Waals surface area contributed by atoms with E-state index in [1.165, 1.54) is 0 Å². The van der Waals surface area contributed by atoms with Crippen LogP contribution < -0.4 is 5.73 Å². The van der Waals surface area contributed by atoms with Gasteiger partial charge in [-0.3, -0.25) is 9.30 Å². The molecule has 7 nitrogen and oxygen atoms in total. The van der Waals surface area contributed by atoms with E-state index in [0.29, 0.717) is 40.1 Å². The summed E-state index contributed by atoms with van der Waals surface area (Å²) >= 11 is 0. The summed E-state index contributed by atoms with van der Waals surface area (Å²) in [5.74, 6) is 1.20. The largest absolute Gasteiger partial charge is 0.382 e. The number of benzene rings is 2. The van der Waals surface area contributed by atoms with Gasteiger partial charge in [0.25, 0.3) is 0 Å². The van der Waals surface area contributed by atoms with Gasteiger partial charge in [-0.1, -0.05) is 36.4 Å². The van der Waals surface area contributed by atoms with Gasteiger partial charge in [0.15, 0.2) is 5.82 Å². The zero-order chi connectivity index (χ0) is 26.7. The first kappa shape index (κ1) is 24.2. The van der Waals surface area contributed by atoms with Gasteiger partial charge >= 0.3 is 0 Å². The summed E-state index contributed by atoms with van der Waals surface area (Å²) in [7, 11) is 2.18. The third kappa shape index (κ3) is 4.06. The summed E-state index contributed by atoms with van der Waals surface area (Å²) in [5, 5.41) is 0.791. The first-order valence-electron chi connectivity index (χ1n) is 13.7. The minimum Gasteiger partial charge on any atom is -0.382 e. The summed E-state index contributed by atoms with van der Waals surface area (Å²) in [4.78, 5) is 19.1. The fourth-order valence-electron chi connectivity index (χ4n) is 6.21. The maximum absolute atomic E-state index is 16.3. The van der Waals surface area contributed by atoms with E-state index >= 15 is 4.39 Å². The van der Waals surface area contributed by atoms with E-state index in [1.807, 2.05) is 60.0 Å². The van der Waals surface area contributed by atoms with Crippen molar-refractivity contribution in [1.82, 2.24) is 29.2 Å². The van der Waals surface area contributed by atoms with Crippen LogP contribution in [0.5, 0.6) is 0 Å². The van der Waals surface area contributed by atoms with E-state index in [4.69, 9.17) is 15.7 Å². The summed E-state index contributed by atoms with van der Waals surface area (Å²) in [6.07, 6.45) is 5.69. The molecule has 5 aromatic rings. The Kier molecular flexibility index (Phi) is 5.82. The molecule has 0 bridgehead atoms. The van der Waals surface area contributed by atoms with Gasteiger partial charge in [0.05, 0.1) is 5.69 Å². The van der Waals surface area contributed by atoms with Crippen molar-refractivity contribution in [2.75, 3.05) is 39.0 Å². The van der Waals surface area contributed by atoms with Gasteiger partial charge in [0.1, 0.15) is 28.4 Å². The maximum atomic E-state index is 16.3. The number of piperazine rings is 1. The van der Waals surface area contributed by atoms with Gasteiger partial charge in [0.2, 0.25) is 0 Å². The number of fused-ring (bicyclic) bond motifs is 2. The topological polar surface area (TPSA) is 75.6 Å². The van der Waals surface area contributed by atoms with E-state index < -0.39 is 0 Å². The number of nitrogen functional groups attached to an aromatic ring is 1. The highest BCUT2D eigenvalue weighted by atomic mass is 19.1. The SMILES string of the molecule is Cc1cc(-c2ccccc2)nc2c(F)c(-c3nc(C4CC(N5CCN(C)CC5)C4)n4ccnc(N)c34)ccc12. The van der Waals surface area contributed by atoms with E-state index in [9.17, 15) is 0 Å². The Morgan fingerprint density at radius 2 is 1.74 bits per heavy atom. The van der Waals surface area contributed by atoms with Crippen LogP contribution >= 0.6 is 0 Å². The molecule has 39 heavy (non-hydrogen) atoms. The predicted molar refractivity (Wildman–Crippen MR) is 153 cm³/mol. The molecular formula is C31H32FN7. The predicted octanol–water partition coefficient (Wildman–Crippen LogP) is 5.13. The van der Waals surface area contributed by atoms with Crippen LogP contribution in [-0.2, 0) is 0 Å². The van der Waals surface area contributed by atoms with Crippen molar-refractivity contribution >= 4 is 22.2 Å². The number of nitrogens with two attached hydrogens (primary N) is 1. The first-order valence-corrected chi connectivity index (χ1v) is 13.7. The third-order valence-electron chi connectivity index (χ3n) is 8.59. The lowest BCUT2D eigenvalue weighted by molar-refractivity contribution is 0.0586. The van der Waals surface area contributed by atoms with Gasteiger partial charge in [-0.2, -0.15) is 0 Å². The molecule has 0 amide bonds. The Morgan fingerprint density at radius 1 is 0.974 bits per heavy atom. The molecule has 2 fully saturated rings. The van der Waals surface area contributed by atoms with E-state index in [1.54, 1.807) is 12.3 Å². The molecule has 3 aromatic heterocycles. The van der Waals surface area contributed by atoms with Crippen LogP contribution in [0.25, 0.3) is 38.9 Å². The van der Waals surface area contributed by atoms with Gasteiger partial charge in [-0.25, -0.2) is 19.3 Å². The molecule has 198 valence electrons. The Labute approximate surface area is 227 Å². The Bertz CT molecular complexity index is 1680. The Balaban J connectivity index is 1.30. The highest BCUT2D eigenvalue weighted by molar-refractivity contribution is 5.93. The number of halogens is 1. The molecule has 0 spiro atoms. The Hall–Kier alpha value is -3.88. The lowest BCUT2D eigenvalue weighted by Gasteiger charge is -2.45. The summed E-state index contributed by atoms with van der Waals surface area (Å²) in [6, 6.07) is 16.2. The van der Waals surface area contributed by atoms with Crippen LogP contribution in [0.4, 0.5) is 10.2 Å². The van der Waals surface area contributed by atoms with Crippen molar-refractivity contribution in [2.24, 2.45) is 0 Å².